The third-order valence-electron chi connectivity index (χ3n) is 2.44. The van der Waals surface area contributed by atoms with Gasteiger partial charge in [-0.05, 0) is 30.5 Å². The minimum atomic E-state index is -0.889. The van der Waals surface area contributed by atoms with Gasteiger partial charge in [0.15, 0.2) is 0 Å². The molecule has 1 heterocycles. The standard InChI is InChI=1S/C12H12N2O2/c15-12(16)10-4-1-9(2-5-10)3-6-11-7-13-8-14-11/h1-2,4-5,7-8H,3,6H2,(H,13,14)(H,15,16). The molecule has 0 atom stereocenters. The van der Waals surface area contributed by atoms with Crippen LogP contribution in [0.1, 0.15) is 21.6 Å². The summed E-state index contributed by atoms with van der Waals surface area (Å²) in [7, 11) is 0. The van der Waals surface area contributed by atoms with Gasteiger partial charge in [0.05, 0.1) is 11.9 Å². The van der Waals surface area contributed by atoms with E-state index in [4.69, 9.17) is 5.11 Å². The summed E-state index contributed by atoms with van der Waals surface area (Å²) in [6.07, 6.45) is 5.21. The average molecular weight is 216 g/mol. The molecular formula is C12H12N2O2. The number of hydrogen-bond donors (Lipinski definition) is 2. The van der Waals surface area contributed by atoms with Crippen molar-refractivity contribution in [1.29, 1.82) is 0 Å². The number of aryl methyl sites for hydroxylation is 2. The lowest BCUT2D eigenvalue weighted by Gasteiger charge is -2.00. The molecule has 1 aromatic carbocycles. The Balaban J connectivity index is 1.98. The molecule has 0 bridgehead atoms. The molecule has 0 aliphatic rings. The molecule has 16 heavy (non-hydrogen) atoms. The summed E-state index contributed by atoms with van der Waals surface area (Å²) >= 11 is 0. The number of aromatic nitrogens is 2. The maximum atomic E-state index is 10.6. The predicted molar refractivity (Wildman–Crippen MR) is 59.4 cm³/mol. The Kier molecular flexibility index (Phi) is 3.00. The number of aromatic carboxylic acids is 1. The molecule has 0 aliphatic carbocycles. The molecule has 1 aromatic heterocycles. The Labute approximate surface area is 93.0 Å². The molecule has 2 rings (SSSR count). The van der Waals surface area contributed by atoms with Crippen molar-refractivity contribution in [2.45, 2.75) is 12.8 Å². The molecule has 0 spiro atoms. The largest absolute Gasteiger partial charge is 0.478 e. The first-order valence-corrected chi connectivity index (χ1v) is 5.05. The zero-order chi connectivity index (χ0) is 11.4. The molecule has 0 fully saturated rings. The molecule has 0 radical (unpaired) electrons. The highest BCUT2D eigenvalue weighted by Gasteiger charge is 2.02. The van der Waals surface area contributed by atoms with E-state index >= 15 is 0 Å². The topological polar surface area (TPSA) is 66.0 Å². The summed E-state index contributed by atoms with van der Waals surface area (Å²) in [5.41, 5.74) is 2.53. The first kappa shape index (κ1) is 10.4. The molecule has 0 saturated carbocycles. The van der Waals surface area contributed by atoms with E-state index in [1.54, 1.807) is 24.7 Å². The fourth-order valence-corrected chi connectivity index (χ4v) is 1.51. The first-order chi connectivity index (χ1) is 7.75. The van der Waals surface area contributed by atoms with Crippen molar-refractivity contribution < 1.29 is 9.90 Å². The fraction of sp³-hybridized carbons (Fsp3) is 0.167. The van der Waals surface area contributed by atoms with Gasteiger partial charge in [-0.1, -0.05) is 12.1 Å². The number of nitrogens with one attached hydrogen (secondary N) is 1. The van der Waals surface area contributed by atoms with Gasteiger partial charge in [0.2, 0.25) is 0 Å². The smallest absolute Gasteiger partial charge is 0.335 e. The zero-order valence-corrected chi connectivity index (χ0v) is 8.68. The van der Waals surface area contributed by atoms with E-state index in [9.17, 15) is 4.79 Å². The molecule has 82 valence electrons. The van der Waals surface area contributed by atoms with Crippen LogP contribution in [0.2, 0.25) is 0 Å². The first-order valence-electron chi connectivity index (χ1n) is 5.05. The summed E-state index contributed by atoms with van der Waals surface area (Å²) < 4.78 is 0. The molecule has 4 nitrogen and oxygen atoms in total. The van der Waals surface area contributed by atoms with Gasteiger partial charge in [0, 0.05) is 11.9 Å². The van der Waals surface area contributed by atoms with Gasteiger partial charge in [-0.15, -0.1) is 0 Å². The minimum Gasteiger partial charge on any atom is -0.478 e. The van der Waals surface area contributed by atoms with E-state index in [2.05, 4.69) is 9.97 Å². The highest BCUT2D eigenvalue weighted by Crippen LogP contribution is 2.07. The number of nitrogens with zero attached hydrogens (tertiary/aromatic N) is 1. The lowest BCUT2D eigenvalue weighted by atomic mass is 10.1. The van der Waals surface area contributed by atoms with Gasteiger partial charge in [0.1, 0.15) is 0 Å². The SMILES string of the molecule is O=C(O)c1ccc(CCc2cnc[nH]2)cc1. The van der Waals surface area contributed by atoms with Gasteiger partial charge < -0.3 is 10.1 Å². The van der Waals surface area contributed by atoms with Gasteiger partial charge in [-0.2, -0.15) is 0 Å². The normalized spacial score (nSPS) is 10.2. The number of carboxylic acids is 1. The van der Waals surface area contributed by atoms with Crippen LogP contribution in [0.15, 0.2) is 36.8 Å². The zero-order valence-electron chi connectivity index (χ0n) is 8.68. The third kappa shape index (κ3) is 2.48. The summed E-state index contributed by atoms with van der Waals surface area (Å²) in [6, 6.07) is 6.95. The van der Waals surface area contributed by atoms with Crippen LogP contribution in [0.5, 0.6) is 0 Å². The van der Waals surface area contributed by atoms with Crippen LogP contribution >= 0.6 is 0 Å². The lowest BCUT2D eigenvalue weighted by Crippen LogP contribution is -1.97. The third-order valence-corrected chi connectivity index (χ3v) is 2.44. The second kappa shape index (κ2) is 4.61. The molecule has 0 saturated heterocycles. The monoisotopic (exact) mass is 216 g/mol. The molecule has 0 amide bonds. The minimum absolute atomic E-state index is 0.324. The highest BCUT2D eigenvalue weighted by atomic mass is 16.4. The van der Waals surface area contributed by atoms with Crippen molar-refractivity contribution in [2.75, 3.05) is 0 Å². The predicted octanol–water partition coefficient (Wildman–Crippen LogP) is 1.89. The average Bonchev–Trinajstić information content (AvgIpc) is 2.80. The molecule has 2 aromatic rings. The van der Waals surface area contributed by atoms with Crippen LogP contribution in [0.25, 0.3) is 0 Å². The van der Waals surface area contributed by atoms with Crippen LogP contribution in [0.4, 0.5) is 0 Å². The van der Waals surface area contributed by atoms with Crippen molar-refractivity contribution in [3.63, 3.8) is 0 Å². The Morgan fingerprint density at radius 2 is 2.00 bits per heavy atom. The number of rotatable bonds is 4. The van der Waals surface area contributed by atoms with Gasteiger partial charge in [-0.25, -0.2) is 9.78 Å². The maximum absolute atomic E-state index is 10.6. The van der Waals surface area contributed by atoms with Crippen molar-refractivity contribution in [1.82, 2.24) is 9.97 Å². The van der Waals surface area contributed by atoms with E-state index in [-0.39, 0.29) is 0 Å². The molecule has 0 aliphatic heterocycles. The van der Waals surface area contributed by atoms with Gasteiger partial charge in [-0.3, -0.25) is 0 Å². The van der Waals surface area contributed by atoms with E-state index in [1.807, 2.05) is 12.1 Å². The van der Waals surface area contributed by atoms with Crippen molar-refractivity contribution in [2.24, 2.45) is 0 Å². The van der Waals surface area contributed by atoms with Crippen molar-refractivity contribution in [3.05, 3.63) is 53.6 Å². The molecule has 4 heteroatoms. The van der Waals surface area contributed by atoms with Crippen LogP contribution in [0.3, 0.4) is 0 Å². The number of carboxylic acid groups (broad SMARTS) is 1. The van der Waals surface area contributed by atoms with Crippen LogP contribution in [0, 0.1) is 0 Å². The molecule has 2 N–H and O–H groups in total. The Morgan fingerprint density at radius 1 is 1.25 bits per heavy atom. The van der Waals surface area contributed by atoms with E-state index in [0.717, 1.165) is 24.1 Å². The number of carbonyl (C=O) groups is 1. The number of aromatic amines is 1. The lowest BCUT2D eigenvalue weighted by molar-refractivity contribution is 0.0697. The maximum Gasteiger partial charge on any atom is 0.335 e. The molecular weight excluding hydrogens is 204 g/mol. The van der Waals surface area contributed by atoms with Gasteiger partial charge >= 0.3 is 5.97 Å². The van der Waals surface area contributed by atoms with Crippen molar-refractivity contribution >= 4 is 5.97 Å². The number of imidazole rings is 1. The summed E-state index contributed by atoms with van der Waals surface area (Å²) in [6.45, 7) is 0. The Morgan fingerprint density at radius 3 is 2.56 bits per heavy atom. The fourth-order valence-electron chi connectivity index (χ4n) is 1.51. The Hall–Kier alpha value is -2.10. The van der Waals surface area contributed by atoms with Gasteiger partial charge in [0.25, 0.3) is 0 Å². The summed E-state index contributed by atoms with van der Waals surface area (Å²) in [4.78, 5) is 17.6. The summed E-state index contributed by atoms with van der Waals surface area (Å²) in [5, 5.41) is 8.74. The quantitative estimate of drug-likeness (QED) is 0.820. The van der Waals surface area contributed by atoms with Crippen LogP contribution < -0.4 is 0 Å². The number of benzene rings is 1. The van der Waals surface area contributed by atoms with Crippen molar-refractivity contribution in [3.8, 4) is 0 Å². The second-order valence-corrected chi connectivity index (χ2v) is 3.58. The second-order valence-electron chi connectivity index (χ2n) is 3.58. The van der Waals surface area contributed by atoms with E-state index in [1.165, 1.54) is 0 Å². The number of hydrogen-bond acceptors (Lipinski definition) is 2. The highest BCUT2D eigenvalue weighted by molar-refractivity contribution is 5.87. The van der Waals surface area contributed by atoms with E-state index in [0.29, 0.717) is 5.56 Å². The molecule has 0 unspecified atom stereocenters. The van der Waals surface area contributed by atoms with Crippen LogP contribution in [-0.4, -0.2) is 21.0 Å². The van der Waals surface area contributed by atoms with Crippen LogP contribution in [-0.2, 0) is 12.8 Å². The number of H-pyrrole nitrogens is 1. The summed E-state index contributed by atoms with van der Waals surface area (Å²) in [5.74, 6) is -0.889. The van der Waals surface area contributed by atoms with E-state index < -0.39 is 5.97 Å². The Bertz CT molecular complexity index is 460.